The summed E-state index contributed by atoms with van der Waals surface area (Å²) in [6.07, 6.45) is 6.69. The van der Waals surface area contributed by atoms with Crippen molar-refractivity contribution in [2.24, 2.45) is 11.8 Å². The fraction of sp³-hybridized carbons (Fsp3) is 0.615. The van der Waals surface area contributed by atoms with Gasteiger partial charge in [0.1, 0.15) is 0 Å². The molecule has 0 saturated carbocycles. The van der Waals surface area contributed by atoms with E-state index in [1.165, 1.54) is 48.3 Å². The number of pyridine rings is 1. The molecule has 0 aromatic carbocycles. The second-order valence-corrected chi connectivity index (χ2v) is 6.48. The van der Waals surface area contributed by atoms with E-state index < -0.39 is 0 Å². The SMILES string of the molecule is Ic1cncc(N2CC3CCC(CNC3)C2)c1. The summed E-state index contributed by atoms with van der Waals surface area (Å²) < 4.78 is 1.23. The lowest BCUT2D eigenvalue weighted by Gasteiger charge is -2.30. The van der Waals surface area contributed by atoms with Crippen molar-refractivity contribution in [3.63, 3.8) is 0 Å². The first-order valence-electron chi connectivity index (χ1n) is 6.37. The molecule has 2 atom stereocenters. The smallest absolute Gasteiger partial charge is 0.0563 e. The molecule has 3 rings (SSSR count). The topological polar surface area (TPSA) is 28.2 Å². The Bertz CT molecular complexity index is 382. The van der Waals surface area contributed by atoms with E-state index in [0.29, 0.717) is 0 Å². The van der Waals surface area contributed by atoms with Crippen molar-refractivity contribution >= 4 is 28.3 Å². The molecule has 2 fully saturated rings. The first kappa shape index (κ1) is 11.7. The Morgan fingerprint density at radius 2 is 1.88 bits per heavy atom. The molecule has 17 heavy (non-hydrogen) atoms. The molecule has 2 unspecified atom stereocenters. The number of anilines is 1. The van der Waals surface area contributed by atoms with Gasteiger partial charge in [-0.1, -0.05) is 0 Å². The first-order valence-corrected chi connectivity index (χ1v) is 7.45. The maximum atomic E-state index is 4.32. The summed E-state index contributed by atoms with van der Waals surface area (Å²) in [7, 11) is 0. The normalized spacial score (nSPS) is 28.9. The van der Waals surface area contributed by atoms with Crippen LogP contribution in [0.4, 0.5) is 5.69 Å². The Labute approximate surface area is 116 Å². The van der Waals surface area contributed by atoms with Crippen LogP contribution >= 0.6 is 22.6 Å². The van der Waals surface area contributed by atoms with E-state index in [0.717, 1.165) is 11.8 Å². The lowest BCUT2D eigenvalue weighted by Crippen LogP contribution is -2.40. The molecule has 3 nitrogen and oxygen atoms in total. The predicted molar refractivity (Wildman–Crippen MR) is 78.3 cm³/mol. The minimum absolute atomic E-state index is 0.806. The summed E-state index contributed by atoms with van der Waals surface area (Å²) >= 11 is 2.34. The molecule has 92 valence electrons. The first-order chi connectivity index (χ1) is 8.31. The highest BCUT2D eigenvalue weighted by Gasteiger charge is 2.27. The Hall–Kier alpha value is -0.360. The van der Waals surface area contributed by atoms with Gasteiger partial charge in [0.05, 0.1) is 11.9 Å². The summed E-state index contributed by atoms with van der Waals surface area (Å²) in [6.45, 7) is 4.74. The molecular formula is C13H18IN3. The monoisotopic (exact) mass is 343 g/mol. The van der Waals surface area contributed by atoms with E-state index in [4.69, 9.17) is 0 Å². The van der Waals surface area contributed by atoms with Crippen LogP contribution in [0.3, 0.4) is 0 Å². The van der Waals surface area contributed by atoms with Crippen molar-refractivity contribution in [2.45, 2.75) is 12.8 Å². The largest absolute Gasteiger partial charge is 0.370 e. The van der Waals surface area contributed by atoms with E-state index in [2.05, 4.69) is 43.9 Å². The average Bonchev–Trinajstić information content (AvgIpc) is 2.62. The minimum atomic E-state index is 0.806. The number of halogens is 1. The molecule has 2 saturated heterocycles. The zero-order chi connectivity index (χ0) is 11.7. The molecule has 1 aromatic heterocycles. The Balaban J connectivity index is 1.83. The van der Waals surface area contributed by atoms with Crippen molar-refractivity contribution in [1.29, 1.82) is 0 Å². The fourth-order valence-corrected chi connectivity index (χ4v) is 3.44. The lowest BCUT2D eigenvalue weighted by atomic mass is 10.0. The number of nitrogens with zero attached hydrogens (tertiary/aromatic N) is 2. The van der Waals surface area contributed by atoms with Crippen molar-refractivity contribution in [3.05, 3.63) is 22.0 Å². The molecule has 2 bridgehead atoms. The predicted octanol–water partition coefficient (Wildman–Crippen LogP) is 2.12. The van der Waals surface area contributed by atoms with Gasteiger partial charge in [-0.25, -0.2) is 0 Å². The molecule has 4 heteroatoms. The molecule has 2 aliphatic heterocycles. The van der Waals surface area contributed by atoms with Gasteiger partial charge in [-0.3, -0.25) is 4.98 Å². The maximum absolute atomic E-state index is 4.32. The quantitative estimate of drug-likeness (QED) is 0.792. The summed E-state index contributed by atoms with van der Waals surface area (Å²) in [4.78, 5) is 6.86. The zero-order valence-corrected chi connectivity index (χ0v) is 12.1. The van der Waals surface area contributed by atoms with Gasteiger partial charge in [0, 0.05) is 22.9 Å². The zero-order valence-electron chi connectivity index (χ0n) is 9.90. The van der Waals surface area contributed by atoms with Gasteiger partial charge < -0.3 is 10.2 Å². The highest BCUT2D eigenvalue weighted by atomic mass is 127. The van der Waals surface area contributed by atoms with Crippen molar-refractivity contribution in [2.75, 3.05) is 31.1 Å². The maximum Gasteiger partial charge on any atom is 0.0563 e. The van der Waals surface area contributed by atoms with Crippen molar-refractivity contribution in [1.82, 2.24) is 10.3 Å². The molecule has 0 spiro atoms. The van der Waals surface area contributed by atoms with E-state index in [9.17, 15) is 0 Å². The van der Waals surface area contributed by atoms with Crippen molar-refractivity contribution < 1.29 is 0 Å². The number of fused-ring (bicyclic) bond motifs is 3. The summed E-state index contributed by atoms with van der Waals surface area (Å²) in [5.74, 6) is 1.61. The molecule has 0 aliphatic carbocycles. The van der Waals surface area contributed by atoms with E-state index in [1.54, 1.807) is 0 Å². The van der Waals surface area contributed by atoms with Crippen LogP contribution in [-0.2, 0) is 0 Å². The van der Waals surface area contributed by atoms with Gasteiger partial charge in [0.2, 0.25) is 0 Å². The number of aromatic nitrogens is 1. The van der Waals surface area contributed by atoms with Crippen LogP contribution in [0.2, 0.25) is 0 Å². The second-order valence-electron chi connectivity index (χ2n) is 5.23. The number of hydrogen-bond donors (Lipinski definition) is 1. The third-order valence-corrected chi connectivity index (χ3v) is 4.45. The van der Waals surface area contributed by atoms with Gasteiger partial charge in [-0.15, -0.1) is 0 Å². The Morgan fingerprint density at radius 3 is 2.53 bits per heavy atom. The van der Waals surface area contributed by atoms with Crippen molar-refractivity contribution in [3.8, 4) is 0 Å². The van der Waals surface area contributed by atoms with Gasteiger partial charge >= 0.3 is 0 Å². The average molecular weight is 343 g/mol. The third kappa shape index (κ3) is 2.73. The minimum Gasteiger partial charge on any atom is -0.370 e. The van der Waals surface area contributed by atoms with Gasteiger partial charge in [0.25, 0.3) is 0 Å². The van der Waals surface area contributed by atoms with Gasteiger partial charge in [-0.05, 0) is 66.4 Å². The molecule has 3 heterocycles. The van der Waals surface area contributed by atoms with Crippen LogP contribution in [0.25, 0.3) is 0 Å². The van der Waals surface area contributed by atoms with Crippen LogP contribution in [-0.4, -0.2) is 31.2 Å². The lowest BCUT2D eigenvalue weighted by molar-refractivity contribution is 0.459. The summed E-state index contributed by atoms with van der Waals surface area (Å²) in [6, 6.07) is 2.25. The summed E-state index contributed by atoms with van der Waals surface area (Å²) in [5, 5.41) is 3.59. The van der Waals surface area contributed by atoms with Crippen LogP contribution in [0.1, 0.15) is 12.8 Å². The Morgan fingerprint density at radius 1 is 1.18 bits per heavy atom. The molecule has 0 radical (unpaired) electrons. The third-order valence-electron chi connectivity index (χ3n) is 3.86. The highest BCUT2D eigenvalue weighted by molar-refractivity contribution is 14.1. The second kappa shape index (κ2) is 5.10. The van der Waals surface area contributed by atoms with Gasteiger partial charge in [0.15, 0.2) is 0 Å². The highest BCUT2D eigenvalue weighted by Crippen LogP contribution is 2.27. The standard InChI is InChI=1S/C13H18IN3/c14-12-3-13(7-16-6-12)17-8-10-1-2-11(9-17)5-15-4-10/h3,6-7,10-11,15H,1-2,4-5,8-9H2. The fourth-order valence-electron chi connectivity index (χ4n) is 2.96. The molecular weight excluding hydrogens is 325 g/mol. The number of hydrogen-bond acceptors (Lipinski definition) is 3. The van der Waals surface area contributed by atoms with E-state index in [1.807, 2.05) is 12.4 Å². The van der Waals surface area contributed by atoms with E-state index in [-0.39, 0.29) is 0 Å². The molecule has 0 amide bonds. The summed E-state index contributed by atoms with van der Waals surface area (Å²) in [5.41, 5.74) is 1.30. The van der Waals surface area contributed by atoms with Crippen LogP contribution < -0.4 is 10.2 Å². The number of nitrogens with one attached hydrogen (secondary N) is 1. The van der Waals surface area contributed by atoms with Crippen LogP contribution in [0.15, 0.2) is 18.5 Å². The molecule has 2 aliphatic rings. The van der Waals surface area contributed by atoms with Crippen LogP contribution in [0, 0.1) is 15.4 Å². The van der Waals surface area contributed by atoms with E-state index >= 15 is 0 Å². The Kier molecular flexibility index (Phi) is 3.51. The number of rotatable bonds is 1. The van der Waals surface area contributed by atoms with Crippen LogP contribution in [0.5, 0.6) is 0 Å². The molecule has 1 aromatic rings. The molecule has 1 N–H and O–H groups in total. The van der Waals surface area contributed by atoms with Gasteiger partial charge in [-0.2, -0.15) is 0 Å².